The fraction of sp³-hybridized carbons (Fsp3) is 0.0769. The van der Waals surface area contributed by atoms with E-state index < -0.39 is 15.8 Å². The normalized spacial score (nSPS) is 12.4. The van der Waals surface area contributed by atoms with Gasteiger partial charge in [-0.25, -0.2) is 0 Å². The molecule has 4 heteroatoms. The van der Waals surface area contributed by atoms with Crippen molar-refractivity contribution >= 4 is 47.7 Å². The van der Waals surface area contributed by atoms with Gasteiger partial charge in [-0.2, -0.15) is 0 Å². The van der Waals surface area contributed by atoms with Gasteiger partial charge in [-0.1, -0.05) is 231 Å². The Labute approximate surface area is 334 Å². The van der Waals surface area contributed by atoms with Gasteiger partial charge in [0, 0.05) is 13.1 Å². The summed E-state index contributed by atoms with van der Waals surface area (Å²) in [4.78, 5) is 0. The van der Waals surface area contributed by atoms with Crippen LogP contribution in [-0.2, 0) is 13.1 Å². The monoisotopic (exact) mass is 760 g/mol. The summed E-state index contributed by atoms with van der Waals surface area (Å²) in [5.74, 6) is 0. The molecule has 0 saturated heterocycles. The van der Waals surface area contributed by atoms with Crippen molar-refractivity contribution in [1.29, 1.82) is 0 Å². The largest absolute Gasteiger partial charge is 0.304 e. The Morgan fingerprint density at radius 3 is 0.839 bits per heavy atom. The lowest BCUT2D eigenvalue weighted by molar-refractivity contribution is 0.381. The van der Waals surface area contributed by atoms with Gasteiger partial charge in [-0.15, -0.1) is 0 Å². The van der Waals surface area contributed by atoms with E-state index in [1.165, 1.54) is 54.1 Å². The first-order valence-electron chi connectivity index (χ1n) is 19.4. The van der Waals surface area contributed by atoms with Crippen molar-refractivity contribution in [2.45, 2.75) is 25.2 Å². The van der Waals surface area contributed by atoms with Crippen LogP contribution in [0.5, 0.6) is 0 Å². The smallest absolute Gasteiger partial charge is 0.0521 e. The van der Waals surface area contributed by atoms with Gasteiger partial charge in [-0.05, 0) is 69.9 Å². The minimum atomic E-state index is -0.751. The highest BCUT2D eigenvalue weighted by atomic mass is 31.1. The molecule has 274 valence electrons. The van der Waals surface area contributed by atoms with Crippen LogP contribution in [0, 0.1) is 0 Å². The highest BCUT2D eigenvalue weighted by Crippen LogP contribution is 2.37. The summed E-state index contributed by atoms with van der Waals surface area (Å²) < 4.78 is 0. The number of nitrogens with one attached hydrogen (secondary N) is 2. The van der Waals surface area contributed by atoms with Crippen molar-refractivity contribution in [3.8, 4) is 0 Å². The Hall–Kier alpha value is -5.46. The van der Waals surface area contributed by atoms with Gasteiger partial charge in [0.25, 0.3) is 0 Å². The summed E-state index contributed by atoms with van der Waals surface area (Å²) in [5.41, 5.74) is 5.15. The number of hydrogen-bond acceptors (Lipinski definition) is 2. The highest BCUT2D eigenvalue weighted by molar-refractivity contribution is 7.80. The minimum Gasteiger partial charge on any atom is -0.304 e. The lowest BCUT2D eigenvalue weighted by atomic mass is 9.92. The zero-order chi connectivity index (χ0) is 37.8. The molecule has 0 radical (unpaired) electrons. The fourth-order valence-corrected chi connectivity index (χ4v) is 12.5. The van der Waals surface area contributed by atoms with Gasteiger partial charge in [-0.3, -0.25) is 0 Å². The number of hydrogen-bond donors (Lipinski definition) is 2. The van der Waals surface area contributed by atoms with E-state index in [0.29, 0.717) is 0 Å². The minimum absolute atomic E-state index is 0.0109. The summed E-state index contributed by atoms with van der Waals surface area (Å²) >= 11 is 0. The maximum atomic E-state index is 4.13. The van der Waals surface area contributed by atoms with Crippen LogP contribution in [0.4, 0.5) is 0 Å². The molecule has 2 N–H and O–H groups in total. The summed E-state index contributed by atoms with van der Waals surface area (Å²) in [6.45, 7) is 1.45. The van der Waals surface area contributed by atoms with Gasteiger partial charge >= 0.3 is 0 Å². The van der Waals surface area contributed by atoms with Gasteiger partial charge in [0.15, 0.2) is 0 Å². The van der Waals surface area contributed by atoms with E-state index in [0.717, 1.165) is 13.1 Å². The van der Waals surface area contributed by atoms with Crippen LogP contribution < -0.4 is 42.5 Å². The first-order valence-corrected chi connectivity index (χ1v) is 22.0. The molecule has 2 nitrogen and oxygen atoms in total. The molecule has 0 aromatic heterocycles. The van der Waals surface area contributed by atoms with Gasteiger partial charge in [0.05, 0.1) is 12.1 Å². The molecule has 8 rings (SSSR count). The predicted molar refractivity (Wildman–Crippen MR) is 242 cm³/mol. The van der Waals surface area contributed by atoms with Gasteiger partial charge in [0.1, 0.15) is 0 Å². The molecule has 0 amide bonds. The number of benzene rings is 8. The Kier molecular flexibility index (Phi) is 12.7. The molecule has 0 heterocycles. The molecular weight excluding hydrogens is 715 g/mol. The molecule has 2 unspecified atom stereocenters. The standard InChI is InChI=1S/C52H46N2P2/c1-7-23-41(24-8-1)51(53-39-43-27-19-21-37-49(43)55(45-29-11-3-12-30-45)46-31-13-4-14-32-46)52(42-25-9-2-10-26-42)54-40-44-28-20-22-38-50(44)56(47-33-15-5-16-34-47)48-35-17-6-18-36-48/h1-38,51-54H,39-40H2. The van der Waals surface area contributed by atoms with E-state index in [1.807, 2.05) is 0 Å². The molecule has 8 aromatic carbocycles. The molecule has 0 aliphatic carbocycles. The quantitative estimate of drug-likeness (QED) is 0.102. The second-order valence-electron chi connectivity index (χ2n) is 13.8. The molecule has 0 fully saturated rings. The molecule has 0 saturated carbocycles. The van der Waals surface area contributed by atoms with E-state index in [-0.39, 0.29) is 12.1 Å². The Morgan fingerprint density at radius 1 is 0.286 bits per heavy atom. The lowest BCUT2D eigenvalue weighted by Crippen LogP contribution is -2.37. The average Bonchev–Trinajstić information content (AvgIpc) is 3.28. The fourth-order valence-electron chi connectivity index (χ4n) is 7.54. The summed E-state index contributed by atoms with van der Waals surface area (Å²) in [5, 5.41) is 16.4. The van der Waals surface area contributed by atoms with Crippen LogP contribution in [-0.4, -0.2) is 0 Å². The maximum absolute atomic E-state index is 4.13. The van der Waals surface area contributed by atoms with Crippen molar-refractivity contribution in [1.82, 2.24) is 10.6 Å². The maximum Gasteiger partial charge on any atom is 0.0521 e. The Morgan fingerprint density at radius 2 is 0.536 bits per heavy atom. The molecule has 56 heavy (non-hydrogen) atoms. The molecule has 0 spiro atoms. The van der Waals surface area contributed by atoms with E-state index in [2.05, 4.69) is 241 Å². The summed E-state index contributed by atoms with van der Waals surface area (Å²) in [6, 6.07) is 83.9. The zero-order valence-corrected chi connectivity index (χ0v) is 33.2. The molecule has 8 aromatic rings. The van der Waals surface area contributed by atoms with Gasteiger partial charge < -0.3 is 10.6 Å². The van der Waals surface area contributed by atoms with E-state index in [4.69, 9.17) is 0 Å². The third-order valence-electron chi connectivity index (χ3n) is 10.2. The van der Waals surface area contributed by atoms with Crippen LogP contribution in [0.2, 0.25) is 0 Å². The van der Waals surface area contributed by atoms with Crippen LogP contribution in [0.15, 0.2) is 231 Å². The second-order valence-corrected chi connectivity index (χ2v) is 18.2. The van der Waals surface area contributed by atoms with Crippen LogP contribution >= 0.6 is 15.8 Å². The molecule has 0 aliphatic rings. The molecule has 2 atom stereocenters. The molecule has 0 bridgehead atoms. The summed E-state index contributed by atoms with van der Waals surface area (Å²) in [7, 11) is -1.50. The second kappa shape index (κ2) is 18.9. The van der Waals surface area contributed by atoms with Crippen LogP contribution in [0.1, 0.15) is 34.3 Å². The van der Waals surface area contributed by atoms with E-state index >= 15 is 0 Å². The third-order valence-corrected chi connectivity index (χ3v) is 15.3. The van der Waals surface area contributed by atoms with Crippen molar-refractivity contribution in [3.05, 3.63) is 253 Å². The lowest BCUT2D eigenvalue weighted by Gasteiger charge is -2.32. The Bertz CT molecular complexity index is 2120. The van der Waals surface area contributed by atoms with Crippen molar-refractivity contribution < 1.29 is 0 Å². The van der Waals surface area contributed by atoms with Crippen molar-refractivity contribution in [2.75, 3.05) is 0 Å². The van der Waals surface area contributed by atoms with Crippen LogP contribution in [0.25, 0.3) is 0 Å². The first kappa shape index (κ1) is 37.5. The predicted octanol–water partition coefficient (Wildman–Crippen LogP) is 9.56. The highest BCUT2D eigenvalue weighted by Gasteiger charge is 2.27. The number of rotatable bonds is 15. The zero-order valence-electron chi connectivity index (χ0n) is 31.4. The van der Waals surface area contributed by atoms with Crippen molar-refractivity contribution in [2.24, 2.45) is 0 Å². The first-order chi connectivity index (χ1) is 27.8. The molecule has 0 aliphatic heterocycles. The summed E-state index contributed by atoms with van der Waals surface area (Å²) in [6.07, 6.45) is 0. The van der Waals surface area contributed by atoms with Crippen molar-refractivity contribution in [3.63, 3.8) is 0 Å². The SMILES string of the molecule is c1ccc(C(NCc2ccccc2P(c2ccccc2)c2ccccc2)C(NCc2ccccc2P(c2ccccc2)c2ccccc2)c2ccccc2)cc1. The average molecular weight is 761 g/mol. The molecular formula is C52H46N2P2. The topological polar surface area (TPSA) is 24.1 Å². The third kappa shape index (κ3) is 8.98. The van der Waals surface area contributed by atoms with Gasteiger partial charge in [0.2, 0.25) is 0 Å². The van der Waals surface area contributed by atoms with E-state index in [9.17, 15) is 0 Å². The van der Waals surface area contributed by atoms with E-state index in [1.54, 1.807) is 0 Å². The van der Waals surface area contributed by atoms with Crippen LogP contribution in [0.3, 0.4) is 0 Å². The Balaban J connectivity index is 1.15.